The standard InChI is InChI=1S/C13H16ClN3S/c1-9-5-3-4-6-12(9)18-8-11(15)13-10(14)7-16-17(13)2/h3-7,11H,8,15H2,1-2H3. The quantitative estimate of drug-likeness (QED) is 0.876. The highest BCUT2D eigenvalue weighted by atomic mass is 35.5. The number of aryl methyl sites for hydroxylation is 2. The van der Waals surface area contributed by atoms with Gasteiger partial charge in [-0.25, -0.2) is 0 Å². The monoisotopic (exact) mass is 281 g/mol. The van der Waals surface area contributed by atoms with Crippen molar-refractivity contribution in [3.63, 3.8) is 0 Å². The lowest BCUT2D eigenvalue weighted by atomic mass is 10.2. The third-order valence-corrected chi connectivity index (χ3v) is 4.39. The van der Waals surface area contributed by atoms with Crippen molar-refractivity contribution in [3.8, 4) is 0 Å². The number of nitrogens with two attached hydrogens (primary N) is 1. The van der Waals surface area contributed by atoms with Crippen LogP contribution in [0.3, 0.4) is 0 Å². The summed E-state index contributed by atoms with van der Waals surface area (Å²) in [4.78, 5) is 1.26. The van der Waals surface area contributed by atoms with E-state index in [1.165, 1.54) is 10.5 Å². The Hall–Kier alpha value is -0.970. The molecular weight excluding hydrogens is 266 g/mol. The van der Waals surface area contributed by atoms with Crippen LogP contribution < -0.4 is 5.73 Å². The lowest BCUT2D eigenvalue weighted by Gasteiger charge is -2.13. The zero-order valence-electron chi connectivity index (χ0n) is 10.4. The van der Waals surface area contributed by atoms with E-state index in [1.54, 1.807) is 22.6 Å². The second kappa shape index (κ2) is 5.78. The summed E-state index contributed by atoms with van der Waals surface area (Å²) in [7, 11) is 1.86. The van der Waals surface area contributed by atoms with E-state index < -0.39 is 0 Å². The lowest BCUT2D eigenvalue weighted by Crippen LogP contribution is -2.17. The maximum atomic E-state index is 6.17. The summed E-state index contributed by atoms with van der Waals surface area (Å²) < 4.78 is 1.74. The van der Waals surface area contributed by atoms with E-state index in [0.29, 0.717) is 5.02 Å². The van der Waals surface area contributed by atoms with Gasteiger partial charge in [0.05, 0.1) is 23.0 Å². The van der Waals surface area contributed by atoms with Gasteiger partial charge in [-0.05, 0) is 18.6 Å². The summed E-state index contributed by atoms with van der Waals surface area (Å²) in [5.41, 5.74) is 8.33. The molecule has 1 unspecified atom stereocenters. The Bertz CT molecular complexity index is 519. The van der Waals surface area contributed by atoms with Gasteiger partial charge in [-0.3, -0.25) is 4.68 Å². The molecule has 0 amide bonds. The third-order valence-electron chi connectivity index (χ3n) is 2.80. The molecule has 1 aromatic heterocycles. The molecule has 0 saturated heterocycles. The highest BCUT2D eigenvalue weighted by Crippen LogP contribution is 2.28. The van der Waals surface area contributed by atoms with Crippen LogP contribution in [-0.4, -0.2) is 15.5 Å². The number of aromatic nitrogens is 2. The Kier molecular flexibility index (Phi) is 4.32. The molecule has 3 nitrogen and oxygen atoms in total. The number of hydrogen-bond donors (Lipinski definition) is 1. The molecule has 2 N–H and O–H groups in total. The molecule has 0 aliphatic rings. The van der Waals surface area contributed by atoms with E-state index in [9.17, 15) is 0 Å². The Morgan fingerprint density at radius 3 is 2.78 bits per heavy atom. The third kappa shape index (κ3) is 2.88. The zero-order valence-corrected chi connectivity index (χ0v) is 12.0. The number of halogens is 1. The van der Waals surface area contributed by atoms with Crippen molar-refractivity contribution in [1.29, 1.82) is 0 Å². The molecule has 0 aliphatic carbocycles. The average Bonchev–Trinajstić information content (AvgIpc) is 2.68. The molecule has 0 bridgehead atoms. The smallest absolute Gasteiger partial charge is 0.0834 e. The molecule has 18 heavy (non-hydrogen) atoms. The van der Waals surface area contributed by atoms with Crippen LogP contribution in [0.25, 0.3) is 0 Å². The normalized spacial score (nSPS) is 12.7. The van der Waals surface area contributed by atoms with E-state index in [4.69, 9.17) is 17.3 Å². The molecule has 0 radical (unpaired) electrons. The Balaban J connectivity index is 2.05. The van der Waals surface area contributed by atoms with Crippen molar-refractivity contribution < 1.29 is 0 Å². The van der Waals surface area contributed by atoms with Crippen LogP contribution >= 0.6 is 23.4 Å². The number of thioether (sulfide) groups is 1. The first-order chi connectivity index (χ1) is 8.59. The molecule has 0 fully saturated rings. The Morgan fingerprint density at radius 2 is 2.17 bits per heavy atom. The van der Waals surface area contributed by atoms with E-state index >= 15 is 0 Å². The molecule has 2 rings (SSSR count). The van der Waals surface area contributed by atoms with Gasteiger partial charge < -0.3 is 5.73 Å². The lowest BCUT2D eigenvalue weighted by molar-refractivity contribution is 0.659. The first-order valence-electron chi connectivity index (χ1n) is 5.71. The minimum atomic E-state index is -0.116. The summed E-state index contributed by atoms with van der Waals surface area (Å²) in [6, 6.07) is 8.17. The van der Waals surface area contributed by atoms with Crippen LogP contribution in [0.1, 0.15) is 17.3 Å². The first-order valence-corrected chi connectivity index (χ1v) is 7.07. The van der Waals surface area contributed by atoms with Gasteiger partial charge in [0.15, 0.2) is 0 Å². The van der Waals surface area contributed by atoms with Gasteiger partial charge in [0.2, 0.25) is 0 Å². The summed E-state index contributed by atoms with van der Waals surface area (Å²) >= 11 is 7.83. The summed E-state index contributed by atoms with van der Waals surface area (Å²) in [5.74, 6) is 0.782. The van der Waals surface area contributed by atoms with Crippen LogP contribution in [0.2, 0.25) is 5.02 Å². The van der Waals surface area contributed by atoms with Crippen LogP contribution in [0.4, 0.5) is 0 Å². The SMILES string of the molecule is Cc1ccccc1SCC(N)c1c(Cl)cnn1C. The minimum Gasteiger partial charge on any atom is -0.322 e. The minimum absolute atomic E-state index is 0.116. The molecule has 0 spiro atoms. The highest BCUT2D eigenvalue weighted by Gasteiger charge is 2.15. The maximum absolute atomic E-state index is 6.17. The molecule has 2 aromatic rings. The molecule has 0 saturated carbocycles. The number of benzene rings is 1. The number of rotatable bonds is 4. The zero-order chi connectivity index (χ0) is 13.1. The van der Waals surface area contributed by atoms with Gasteiger partial charge >= 0.3 is 0 Å². The fraction of sp³-hybridized carbons (Fsp3) is 0.308. The van der Waals surface area contributed by atoms with Crippen molar-refractivity contribution in [3.05, 3.63) is 46.7 Å². The van der Waals surface area contributed by atoms with Gasteiger partial charge in [0.25, 0.3) is 0 Å². The van der Waals surface area contributed by atoms with Gasteiger partial charge in [-0.2, -0.15) is 5.10 Å². The van der Waals surface area contributed by atoms with Gasteiger partial charge in [0, 0.05) is 17.7 Å². The number of nitrogens with zero attached hydrogens (tertiary/aromatic N) is 2. The predicted molar refractivity (Wildman–Crippen MR) is 77.0 cm³/mol. The van der Waals surface area contributed by atoms with Crippen molar-refractivity contribution in [2.45, 2.75) is 17.9 Å². The largest absolute Gasteiger partial charge is 0.322 e. The second-order valence-electron chi connectivity index (χ2n) is 4.18. The number of hydrogen-bond acceptors (Lipinski definition) is 3. The van der Waals surface area contributed by atoms with E-state index in [2.05, 4.69) is 24.2 Å². The molecule has 1 aromatic carbocycles. The maximum Gasteiger partial charge on any atom is 0.0834 e. The van der Waals surface area contributed by atoms with Crippen LogP contribution in [0, 0.1) is 6.92 Å². The summed E-state index contributed by atoms with van der Waals surface area (Å²) in [5, 5.41) is 4.74. The first kappa shape index (κ1) is 13.5. The Morgan fingerprint density at radius 1 is 1.44 bits per heavy atom. The highest BCUT2D eigenvalue weighted by molar-refractivity contribution is 7.99. The molecule has 0 aliphatic heterocycles. The van der Waals surface area contributed by atoms with Crippen molar-refractivity contribution in [2.75, 3.05) is 5.75 Å². The molecule has 5 heteroatoms. The van der Waals surface area contributed by atoms with Crippen LogP contribution in [0.5, 0.6) is 0 Å². The second-order valence-corrected chi connectivity index (χ2v) is 5.65. The fourth-order valence-corrected chi connectivity index (χ4v) is 3.11. The van der Waals surface area contributed by atoms with Gasteiger partial charge in [0.1, 0.15) is 0 Å². The molecule has 96 valence electrons. The van der Waals surface area contributed by atoms with E-state index in [-0.39, 0.29) is 6.04 Å². The van der Waals surface area contributed by atoms with Gasteiger partial charge in [-0.1, -0.05) is 29.8 Å². The summed E-state index contributed by atoms with van der Waals surface area (Å²) in [6.07, 6.45) is 1.63. The van der Waals surface area contributed by atoms with Crippen molar-refractivity contribution in [1.82, 2.24) is 9.78 Å². The van der Waals surface area contributed by atoms with Crippen molar-refractivity contribution >= 4 is 23.4 Å². The average molecular weight is 282 g/mol. The molecule has 1 heterocycles. The van der Waals surface area contributed by atoms with Crippen LogP contribution in [0.15, 0.2) is 35.4 Å². The van der Waals surface area contributed by atoms with E-state index in [1.807, 2.05) is 19.2 Å². The van der Waals surface area contributed by atoms with Gasteiger partial charge in [-0.15, -0.1) is 11.8 Å². The molecule has 1 atom stereocenters. The topological polar surface area (TPSA) is 43.8 Å². The van der Waals surface area contributed by atoms with E-state index in [0.717, 1.165) is 11.4 Å². The Labute approximate surface area is 116 Å². The predicted octanol–water partition coefficient (Wildman–Crippen LogP) is 3.17. The summed E-state index contributed by atoms with van der Waals surface area (Å²) in [6.45, 7) is 2.10. The fourth-order valence-electron chi connectivity index (χ4n) is 1.81. The van der Waals surface area contributed by atoms with Crippen LogP contribution in [-0.2, 0) is 7.05 Å². The molecular formula is C13H16ClN3S. The van der Waals surface area contributed by atoms with Crippen molar-refractivity contribution in [2.24, 2.45) is 12.8 Å².